The number of nitrogen functional groups attached to an aromatic ring is 1. The van der Waals surface area contributed by atoms with Gasteiger partial charge in [-0.3, -0.25) is 0 Å². The molecule has 6 nitrogen and oxygen atoms in total. The summed E-state index contributed by atoms with van der Waals surface area (Å²) in [6.07, 6.45) is 1.11. The van der Waals surface area contributed by atoms with Gasteiger partial charge in [-0.1, -0.05) is 6.07 Å². The van der Waals surface area contributed by atoms with Gasteiger partial charge in [0.2, 0.25) is 17.5 Å². The number of hydrogen-bond acceptors (Lipinski definition) is 6. The molecule has 92 valence electrons. The van der Waals surface area contributed by atoms with Crippen molar-refractivity contribution in [3.63, 3.8) is 0 Å². The third-order valence-electron chi connectivity index (χ3n) is 2.27. The Bertz CT molecular complexity index is 741. The second-order valence-electron chi connectivity index (χ2n) is 3.64. The van der Waals surface area contributed by atoms with Crippen LogP contribution in [0.25, 0.3) is 11.5 Å². The summed E-state index contributed by atoms with van der Waals surface area (Å²) in [5.74, 6) is 0.0341. The minimum absolute atomic E-state index is 0.0187. The van der Waals surface area contributed by atoms with Gasteiger partial charge in [-0.2, -0.15) is 10.2 Å². The number of sulfone groups is 1. The van der Waals surface area contributed by atoms with Gasteiger partial charge in [0.15, 0.2) is 9.84 Å². The maximum absolute atomic E-state index is 11.4. The molecule has 0 amide bonds. The van der Waals surface area contributed by atoms with Crippen LogP contribution in [0, 0.1) is 11.3 Å². The van der Waals surface area contributed by atoms with E-state index in [0.29, 0.717) is 5.56 Å². The lowest BCUT2D eigenvalue weighted by Gasteiger charge is -1.99. The zero-order valence-electron chi connectivity index (χ0n) is 9.41. The molecule has 0 fully saturated rings. The summed E-state index contributed by atoms with van der Waals surface area (Å²) in [6, 6.07) is 7.86. The monoisotopic (exact) mass is 263 g/mol. The molecule has 7 heteroatoms. The van der Waals surface area contributed by atoms with E-state index < -0.39 is 9.84 Å². The van der Waals surface area contributed by atoms with Crippen LogP contribution in [-0.2, 0) is 9.84 Å². The Kier molecular flexibility index (Phi) is 2.80. The Balaban J connectivity index is 2.55. The minimum Gasteiger partial charge on any atom is -0.419 e. The standard InChI is InChI=1S/C11H9N3O3S/c1-18(15,16)8-4-2-3-7(5-8)11-14-9(6-12)10(13)17-11/h2-5H,13H2,1H3. The predicted molar refractivity (Wildman–Crippen MR) is 64.2 cm³/mol. The van der Waals surface area contributed by atoms with Gasteiger partial charge in [0.25, 0.3) is 0 Å². The van der Waals surface area contributed by atoms with Crippen molar-refractivity contribution < 1.29 is 12.8 Å². The number of hydrogen-bond donors (Lipinski definition) is 1. The molecule has 0 bridgehead atoms. The van der Waals surface area contributed by atoms with Crippen molar-refractivity contribution in [1.29, 1.82) is 5.26 Å². The molecule has 0 aliphatic heterocycles. The molecule has 1 aromatic carbocycles. The van der Waals surface area contributed by atoms with Crippen molar-refractivity contribution in [1.82, 2.24) is 4.98 Å². The Morgan fingerprint density at radius 1 is 1.44 bits per heavy atom. The van der Waals surface area contributed by atoms with E-state index in [1.165, 1.54) is 12.1 Å². The largest absolute Gasteiger partial charge is 0.419 e. The summed E-state index contributed by atoms with van der Waals surface area (Å²) in [7, 11) is -3.31. The van der Waals surface area contributed by atoms with E-state index in [4.69, 9.17) is 15.4 Å². The van der Waals surface area contributed by atoms with Crippen LogP contribution in [0.5, 0.6) is 0 Å². The molecule has 2 aromatic rings. The number of nitriles is 1. The minimum atomic E-state index is -3.31. The molecule has 0 unspecified atom stereocenters. The average molecular weight is 263 g/mol. The molecule has 0 atom stereocenters. The van der Waals surface area contributed by atoms with Crippen LogP contribution in [0.1, 0.15) is 5.69 Å². The molecule has 0 spiro atoms. The van der Waals surface area contributed by atoms with Crippen molar-refractivity contribution in [3.05, 3.63) is 30.0 Å². The van der Waals surface area contributed by atoms with Crippen molar-refractivity contribution in [2.24, 2.45) is 0 Å². The second kappa shape index (κ2) is 4.16. The molecule has 0 saturated carbocycles. The van der Waals surface area contributed by atoms with Crippen LogP contribution in [0.4, 0.5) is 5.88 Å². The topological polar surface area (TPSA) is 110 Å². The van der Waals surface area contributed by atoms with Crippen LogP contribution in [0.2, 0.25) is 0 Å². The fraction of sp³-hybridized carbons (Fsp3) is 0.0909. The van der Waals surface area contributed by atoms with Gasteiger partial charge in [0.1, 0.15) is 6.07 Å². The van der Waals surface area contributed by atoms with Crippen molar-refractivity contribution >= 4 is 15.7 Å². The van der Waals surface area contributed by atoms with Gasteiger partial charge in [-0.15, -0.1) is 0 Å². The fourth-order valence-electron chi connectivity index (χ4n) is 1.40. The number of oxazole rings is 1. The first-order chi connectivity index (χ1) is 8.41. The van der Waals surface area contributed by atoms with Gasteiger partial charge in [0.05, 0.1) is 4.90 Å². The van der Waals surface area contributed by atoms with E-state index in [2.05, 4.69) is 4.98 Å². The number of anilines is 1. The van der Waals surface area contributed by atoms with Crippen molar-refractivity contribution in [3.8, 4) is 17.5 Å². The number of nitrogens with zero attached hydrogens (tertiary/aromatic N) is 2. The number of benzene rings is 1. The Morgan fingerprint density at radius 3 is 2.72 bits per heavy atom. The van der Waals surface area contributed by atoms with Gasteiger partial charge in [-0.25, -0.2) is 8.42 Å². The highest BCUT2D eigenvalue weighted by molar-refractivity contribution is 7.90. The number of aromatic nitrogens is 1. The maximum Gasteiger partial charge on any atom is 0.230 e. The Hall–Kier alpha value is -2.33. The van der Waals surface area contributed by atoms with E-state index in [1.807, 2.05) is 0 Å². The van der Waals surface area contributed by atoms with Crippen molar-refractivity contribution in [2.75, 3.05) is 12.0 Å². The third kappa shape index (κ3) is 2.19. The highest BCUT2D eigenvalue weighted by Crippen LogP contribution is 2.25. The fourth-order valence-corrected chi connectivity index (χ4v) is 2.06. The molecule has 0 aliphatic carbocycles. The van der Waals surface area contributed by atoms with Gasteiger partial charge in [0, 0.05) is 11.8 Å². The van der Waals surface area contributed by atoms with Gasteiger partial charge < -0.3 is 10.2 Å². The van der Waals surface area contributed by atoms with Crippen LogP contribution < -0.4 is 5.73 Å². The smallest absolute Gasteiger partial charge is 0.230 e. The van der Waals surface area contributed by atoms with Crippen LogP contribution in [0.3, 0.4) is 0 Å². The lowest BCUT2D eigenvalue weighted by Crippen LogP contribution is -1.96. The highest BCUT2D eigenvalue weighted by Gasteiger charge is 2.14. The summed E-state index contributed by atoms with van der Waals surface area (Å²) in [6.45, 7) is 0. The van der Waals surface area contributed by atoms with E-state index in [9.17, 15) is 8.42 Å². The molecule has 0 radical (unpaired) electrons. The highest BCUT2D eigenvalue weighted by atomic mass is 32.2. The Morgan fingerprint density at radius 2 is 2.17 bits per heavy atom. The zero-order valence-corrected chi connectivity index (χ0v) is 10.2. The lowest BCUT2D eigenvalue weighted by molar-refractivity contribution is 0.593. The SMILES string of the molecule is CS(=O)(=O)c1cccc(-c2nc(C#N)c(N)o2)c1. The van der Waals surface area contributed by atoms with Crippen LogP contribution in [0.15, 0.2) is 33.6 Å². The first-order valence-electron chi connectivity index (χ1n) is 4.88. The molecular weight excluding hydrogens is 254 g/mol. The molecule has 18 heavy (non-hydrogen) atoms. The van der Waals surface area contributed by atoms with E-state index in [-0.39, 0.29) is 22.4 Å². The summed E-state index contributed by atoms with van der Waals surface area (Å²) in [5, 5.41) is 8.71. The van der Waals surface area contributed by atoms with Crippen molar-refractivity contribution in [2.45, 2.75) is 4.90 Å². The summed E-state index contributed by atoms with van der Waals surface area (Å²) < 4.78 is 27.9. The van der Waals surface area contributed by atoms with Crippen LogP contribution in [-0.4, -0.2) is 19.7 Å². The predicted octanol–water partition coefficient (Wildman–Crippen LogP) is 1.20. The van der Waals surface area contributed by atoms with Gasteiger partial charge >= 0.3 is 0 Å². The normalized spacial score (nSPS) is 11.1. The first-order valence-corrected chi connectivity index (χ1v) is 6.78. The van der Waals surface area contributed by atoms with E-state index in [1.54, 1.807) is 18.2 Å². The molecule has 2 N–H and O–H groups in total. The molecular formula is C11H9N3O3S. The summed E-state index contributed by atoms with van der Waals surface area (Å²) in [5.41, 5.74) is 5.87. The zero-order chi connectivity index (χ0) is 13.3. The van der Waals surface area contributed by atoms with Gasteiger partial charge in [-0.05, 0) is 18.2 Å². The molecule has 1 aromatic heterocycles. The Labute approximate surface area is 104 Å². The quantitative estimate of drug-likeness (QED) is 0.871. The summed E-state index contributed by atoms with van der Waals surface area (Å²) >= 11 is 0. The molecule has 0 aliphatic rings. The molecule has 0 saturated heterocycles. The lowest BCUT2D eigenvalue weighted by atomic mass is 10.2. The number of rotatable bonds is 2. The first kappa shape index (κ1) is 12.1. The molecule has 1 heterocycles. The van der Waals surface area contributed by atoms with E-state index in [0.717, 1.165) is 6.26 Å². The van der Waals surface area contributed by atoms with E-state index >= 15 is 0 Å². The molecule has 2 rings (SSSR count). The number of nitrogens with two attached hydrogens (primary N) is 1. The maximum atomic E-state index is 11.4. The third-order valence-corrected chi connectivity index (χ3v) is 3.38. The second-order valence-corrected chi connectivity index (χ2v) is 5.66. The average Bonchev–Trinajstić information content (AvgIpc) is 2.70. The van der Waals surface area contributed by atoms with Crippen LogP contribution >= 0.6 is 0 Å². The summed E-state index contributed by atoms with van der Waals surface area (Å²) in [4.78, 5) is 4.02.